The number of benzene rings is 1. The molecule has 3 N–H and O–H groups in total. The summed E-state index contributed by atoms with van der Waals surface area (Å²) in [4.78, 5) is 2.10. The molecule has 1 fully saturated rings. The number of halogens is 4. The third kappa shape index (κ3) is 3.15. The van der Waals surface area contributed by atoms with Gasteiger partial charge in [0.15, 0.2) is 11.5 Å². The molecule has 134 valence electrons. The Kier molecular flexibility index (Phi) is 4.35. The van der Waals surface area contributed by atoms with Crippen LogP contribution in [0.2, 0.25) is 0 Å². The number of hydrogen-bond acceptors (Lipinski definition) is 5. The van der Waals surface area contributed by atoms with Crippen molar-refractivity contribution in [3.63, 3.8) is 0 Å². The molecule has 5 nitrogen and oxygen atoms in total. The maximum Gasteiger partial charge on any atom is 0.507 e. The number of ether oxygens (including phenoxy) is 2. The number of hydrogen-bond donors (Lipinski definition) is 2. The topological polar surface area (TPSA) is 68.0 Å². The quantitative estimate of drug-likeness (QED) is 0.814. The van der Waals surface area contributed by atoms with Gasteiger partial charge in [-0.25, -0.2) is 0 Å². The highest BCUT2D eigenvalue weighted by molar-refractivity contribution is 5.45. The van der Waals surface area contributed by atoms with Crippen molar-refractivity contribution >= 4 is 0 Å². The highest BCUT2D eigenvalue weighted by Crippen LogP contribution is 2.47. The molecule has 0 bridgehead atoms. The van der Waals surface area contributed by atoms with Crippen LogP contribution in [0.3, 0.4) is 0 Å². The average Bonchev–Trinajstić information content (AvgIpc) is 2.99. The Morgan fingerprint density at radius 3 is 2.29 bits per heavy atom. The normalized spacial score (nSPS) is 24.6. The molecule has 2 aliphatic rings. The first-order valence-electron chi connectivity index (χ1n) is 7.63. The SMILES string of the molecule is N[C@H](CN1CCCC1)[C@H](O)c1ccc2c(c1)OC(F)(F)C(F)(F)O2. The van der Waals surface area contributed by atoms with E-state index in [1.807, 2.05) is 0 Å². The van der Waals surface area contributed by atoms with Crippen LogP contribution >= 0.6 is 0 Å². The fourth-order valence-electron chi connectivity index (χ4n) is 2.88. The maximum absolute atomic E-state index is 13.2. The van der Waals surface area contributed by atoms with E-state index in [0.717, 1.165) is 38.1 Å². The number of aliphatic hydroxyl groups is 1. The summed E-state index contributed by atoms with van der Waals surface area (Å²) in [5.74, 6) is -1.08. The van der Waals surface area contributed by atoms with Crippen LogP contribution in [0.4, 0.5) is 17.6 Å². The van der Waals surface area contributed by atoms with Crippen LogP contribution in [-0.4, -0.2) is 47.9 Å². The van der Waals surface area contributed by atoms with Crippen molar-refractivity contribution < 1.29 is 32.1 Å². The number of rotatable bonds is 4. The van der Waals surface area contributed by atoms with Gasteiger partial charge in [-0.2, -0.15) is 17.6 Å². The zero-order valence-electron chi connectivity index (χ0n) is 12.7. The molecule has 0 radical (unpaired) electrons. The van der Waals surface area contributed by atoms with Gasteiger partial charge in [0.25, 0.3) is 0 Å². The summed E-state index contributed by atoms with van der Waals surface area (Å²) in [7, 11) is 0. The Morgan fingerprint density at radius 1 is 1.08 bits per heavy atom. The van der Waals surface area contributed by atoms with Crippen LogP contribution in [0, 0.1) is 0 Å². The van der Waals surface area contributed by atoms with E-state index in [0.29, 0.717) is 6.54 Å². The highest BCUT2D eigenvalue weighted by Gasteiger charge is 2.65. The van der Waals surface area contributed by atoms with Gasteiger partial charge in [-0.3, -0.25) is 0 Å². The lowest BCUT2D eigenvalue weighted by molar-refractivity contribution is -0.391. The average molecular weight is 350 g/mol. The van der Waals surface area contributed by atoms with Gasteiger partial charge in [0.05, 0.1) is 6.10 Å². The van der Waals surface area contributed by atoms with Crippen molar-refractivity contribution in [2.24, 2.45) is 5.73 Å². The zero-order valence-corrected chi connectivity index (χ0v) is 12.7. The van der Waals surface area contributed by atoms with Crippen molar-refractivity contribution in [3.05, 3.63) is 23.8 Å². The summed E-state index contributed by atoms with van der Waals surface area (Å²) < 4.78 is 60.7. The van der Waals surface area contributed by atoms with Crippen LogP contribution in [0.1, 0.15) is 24.5 Å². The van der Waals surface area contributed by atoms with Crippen molar-refractivity contribution in [1.82, 2.24) is 4.90 Å². The number of likely N-dealkylation sites (tertiary alicyclic amines) is 1. The second-order valence-corrected chi connectivity index (χ2v) is 6.06. The van der Waals surface area contributed by atoms with Crippen LogP contribution in [0.5, 0.6) is 11.5 Å². The van der Waals surface area contributed by atoms with Crippen molar-refractivity contribution in [3.8, 4) is 11.5 Å². The molecule has 24 heavy (non-hydrogen) atoms. The molecule has 0 aromatic heterocycles. The molecule has 2 aliphatic heterocycles. The van der Waals surface area contributed by atoms with E-state index in [2.05, 4.69) is 14.4 Å². The van der Waals surface area contributed by atoms with Crippen LogP contribution < -0.4 is 15.2 Å². The summed E-state index contributed by atoms with van der Waals surface area (Å²) in [6.07, 6.45) is -8.56. The van der Waals surface area contributed by atoms with Crippen LogP contribution in [0.15, 0.2) is 18.2 Å². The molecule has 0 aliphatic carbocycles. The smallest absolute Gasteiger partial charge is 0.421 e. The minimum Gasteiger partial charge on any atom is -0.421 e. The van der Waals surface area contributed by atoms with Gasteiger partial charge in [-0.15, -0.1) is 0 Å². The van der Waals surface area contributed by atoms with Crippen LogP contribution in [0.25, 0.3) is 0 Å². The molecule has 9 heteroatoms. The minimum absolute atomic E-state index is 0.199. The van der Waals surface area contributed by atoms with Gasteiger partial charge in [-0.05, 0) is 43.6 Å². The lowest BCUT2D eigenvalue weighted by Crippen LogP contribution is -2.52. The minimum atomic E-state index is -4.79. The number of nitrogens with zero attached hydrogens (tertiary/aromatic N) is 1. The largest absolute Gasteiger partial charge is 0.507 e. The first-order valence-corrected chi connectivity index (χ1v) is 7.63. The molecule has 3 rings (SSSR count). The zero-order chi connectivity index (χ0) is 17.5. The van der Waals surface area contributed by atoms with Gasteiger partial charge < -0.3 is 25.2 Å². The Balaban J connectivity index is 1.76. The molecular weight excluding hydrogens is 332 g/mol. The monoisotopic (exact) mass is 350 g/mol. The molecule has 1 aromatic rings. The van der Waals surface area contributed by atoms with E-state index in [9.17, 15) is 22.7 Å². The molecule has 1 aromatic carbocycles. The van der Waals surface area contributed by atoms with Crippen molar-refractivity contribution in [1.29, 1.82) is 0 Å². The Morgan fingerprint density at radius 2 is 1.67 bits per heavy atom. The summed E-state index contributed by atoms with van der Waals surface area (Å²) in [5.41, 5.74) is 6.17. The van der Waals surface area contributed by atoms with Crippen LogP contribution in [-0.2, 0) is 0 Å². The van der Waals surface area contributed by atoms with E-state index in [4.69, 9.17) is 5.73 Å². The Hall–Kier alpha value is -1.58. The van der Waals surface area contributed by atoms with E-state index in [1.54, 1.807) is 0 Å². The van der Waals surface area contributed by atoms with E-state index in [-0.39, 0.29) is 5.56 Å². The van der Waals surface area contributed by atoms with E-state index in [1.165, 1.54) is 6.07 Å². The predicted octanol–water partition coefficient (Wildman–Crippen LogP) is 2.10. The number of alkyl halides is 4. The third-order valence-electron chi connectivity index (χ3n) is 4.20. The fraction of sp³-hybridized carbons (Fsp3) is 0.600. The van der Waals surface area contributed by atoms with Gasteiger partial charge in [0, 0.05) is 12.6 Å². The second kappa shape index (κ2) is 6.05. The first-order chi connectivity index (χ1) is 11.2. The summed E-state index contributed by atoms with van der Waals surface area (Å²) in [6.45, 7) is 2.23. The number of nitrogens with two attached hydrogens (primary N) is 1. The molecule has 0 saturated carbocycles. The van der Waals surface area contributed by atoms with Gasteiger partial charge in [0.1, 0.15) is 0 Å². The van der Waals surface area contributed by atoms with E-state index < -0.39 is 35.9 Å². The van der Waals surface area contributed by atoms with Gasteiger partial charge >= 0.3 is 12.2 Å². The molecule has 0 unspecified atom stereocenters. The van der Waals surface area contributed by atoms with Gasteiger partial charge in [-0.1, -0.05) is 6.07 Å². The second-order valence-electron chi connectivity index (χ2n) is 6.06. The first kappa shape index (κ1) is 17.2. The molecular formula is C15H18F4N2O3. The predicted molar refractivity (Wildman–Crippen MR) is 76.2 cm³/mol. The lowest BCUT2D eigenvalue weighted by Gasteiger charge is -2.32. The lowest BCUT2D eigenvalue weighted by atomic mass is 10.0. The molecule has 0 amide bonds. The number of aliphatic hydroxyl groups excluding tert-OH is 1. The molecule has 2 atom stereocenters. The Bertz CT molecular complexity index is 608. The third-order valence-corrected chi connectivity index (χ3v) is 4.20. The molecule has 0 spiro atoms. The molecule has 1 saturated heterocycles. The fourth-order valence-corrected chi connectivity index (χ4v) is 2.88. The van der Waals surface area contributed by atoms with Gasteiger partial charge in [0.2, 0.25) is 0 Å². The summed E-state index contributed by atoms with van der Waals surface area (Å²) >= 11 is 0. The highest BCUT2D eigenvalue weighted by atomic mass is 19.3. The maximum atomic E-state index is 13.2. The number of fused-ring (bicyclic) bond motifs is 1. The molecule has 2 heterocycles. The van der Waals surface area contributed by atoms with Crippen molar-refractivity contribution in [2.75, 3.05) is 19.6 Å². The van der Waals surface area contributed by atoms with Crippen molar-refractivity contribution in [2.45, 2.75) is 37.2 Å². The summed E-state index contributed by atoms with van der Waals surface area (Å²) in [5, 5.41) is 10.3. The summed E-state index contributed by atoms with van der Waals surface area (Å²) in [6, 6.07) is 2.76. The Labute approximate surface area is 135 Å². The standard InChI is InChI=1S/C15H18F4N2O3/c16-14(17)15(18,19)24-12-7-9(3-4-11(12)23-14)13(22)10(20)8-21-5-1-2-6-21/h3-4,7,10,13,22H,1-2,5-6,8,20H2/t10-,13-/m1/s1. The van der Waals surface area contributed by atoms with E-state index >= 15 is 0 Å².